The van der Waals surface area contributed by atoms with Crippen LogP contribution in [0.2, 0.25) is 0 Å². The predicted molar refractivity (Wildman–Crippen MR) is 94.2 cm³/mol. The Bertz CT molecular complexity index is 639. The molecule has 0 amide bonds. The monoisotopic (exact) mass is 430 g/mol. The van der Waals surface area contributed by atoms with Crippen molar-refractivity contribution in [3.63, 3.8) is 0 Å². The first-order valence-electron chi connectivity index (χ1n) is 7.00. The van der Waals surface area contributed by atoms with Crippen LogP contribution >= 0.6 is 43.2 Å². The molecule has 21 heavy (non-hydrogen) atoms. The summed E-state index contributed by atoms with van der Waals surface area (Å²) in [5.41, 5.74) is 1.17. The van der Waals surface area contributed by atoms with E-state index in [-0.39, 0.29) is 4.83 Å². The number of aryl methyl sites for hydroxylation is 1. The zero-order valence-electron chi connectivity index (χ0n) is 11.7. The first-order valence-corrected chi connectivity index (χ1v) is 9.53. The smallest absolute Gasteiger partial charge is 0.162 e. The molecule has 2 heterocycles. The molecule has 0 N–H and O–H groups in total. The van der Waals surface area contributed by atoms with Crippen molar-refractivity contribution < 1.29 is 9.47 Å². The lowest BCUT2D eigenvalue weighted by Gasteiger charge is -2.15. The van der Waals surface area contributed by atoms with Gasteiger partial charge in [0.25, 0.3) is 0 Å². The molecule has 0 saturated heterocycles. The first kappa shape index (κ1) is 15.4. The molecule has 0 spiro atoms. The normalized spacial score (nSPS) is 15.6. The molecular weight excluding hydrogens is 416 g/mol. The summed E-state index contributed by atoms with van der Waals surface area (Å²) in [5.74, 6) is 1.66. The van der Waals surface area contributed by atoms with Crippen molar-refractivity contribution >= 4 is 43.2 Å². The minimum atomic E-state index is 0.161. The third kappa shape index (κ3) is 3.30. The van der Waals surface area contributed by atoms with Gasteiger partial charge in [-0.1, -0.05) is 38.8 Å². The number of benzene rings is 1. The number of hydrogen-bond donors (Lipinski definition) is 0. The molecule has 1 aromatic heterocycles. The zero-order chi connectivity index (χ0) is 14.8. The Morgan fingerprint density at radius 2 is 1.90 bits per heavy atom. The van der Waals surface area contributed by atoms with Crippen molar-refractivity contribution in [2.45, 2.75) is 24.6 Å². The summed E-state index contributed by atoms with van der Waals surface area (Å²) >= 11 is 9.33. The Kier molecular flexibility index (Phi) is 4.92. The molecule has 0 bridgehead atoms. The minimum Gasteiger partial charge on any atom is -0.490 e. The molecule has 5 heteroatoms. The van der Waals surface area contributed by atoms with E-state index >= 15 is 0 Å². The van der Waals surface area contributed by atoms with Gasteiger partial charge in [0.15, 0.2) is 11.5 Å². The van der Waals surface area contributed by atoms with E-state index in [9.17, 15) is 0 Å². The lowest BCUT2D eigenvalue weighted by atomic mass is 10.1. The number of thiophene rings is 1. The average Bonchev–Trinajstić information content (AvgIpc) is 2.86. The van der Waals surface area contributed by atoms with Crippen LogP contribution in [-0.2, 0) is 6.42 Å². The van der Waals surface area contributed by atoms with Gasteiger partial charge in [-0.15, -0.1) is 11.3 Å². The van der Waals surface area contributed by atoms with Crippen LogP contribution in [0.5, 0.6) is 11.5 Å². The van der Waals surface area contributed by atoms with E-state index in [2.05, 4.69) is 57.0 Å². The molecule has 112 valence electrons. The molecule has 0 radical (unpaired) electrons. The van der Waals surface area contributed by atoms with Gasteiger partial charge < -0.3 is 9.47 Å². The third-order valence-electron chi connectivity index (χ3n) is 3.42. The van der Waals surface area contributed by atoms with Crippen molar-refractivity contribution in [1.29, 1.82) is 0 Å². The summed E-state index contributed by atoms with van der Waals surface area (Å²) in [6.45, 7) is 3.60. The first-order chi connectivity index (χ1) is 10.2. The lowest BCUT2D eigenvalue weighted by molar-refractivity contribution is 0.297. The summed E-state index contributed by atoms with van der Waals surface area (Å²) in [6, 6.07) is 8.48. The van der Waals surface area contributed by atoms with Gasteiger partial charge in [-0.05, 0) is 36.2 Å². The van der Waals surface area contributed by atoms with Gasteiger partial charge in [0.2, 0.25) is 0 Å². The quantitative estimate of drug-likeness (QED) is 0.578. The van der Waals surface area contributed by atoms with Gasteiger partial charge in [-0.25, -0.2) is 0 Å². The Morgan fingerprint density at radius 1 is 1.19 bits per heavy atom. The summed E-state index contributed by atoms with van der Waals surface area (Å²) < 4.78 is 12.6. The van der Waals surface area contributed by atoms with Crippen molar-refractivity contribution in [1.82, 2.24) is 0 Å². The van der Waals surface area contributed by atoms with Gasteiger partial charge in [0.1, 0.15) is 0 Å². The Hall–Kier alpha value is -0.520. The van der Waals surface area contributed by atoms with E-state index in [1.165, 1.54) is 15.3 Å². The summed E-state index contributed by atoms with van der Waals surface area (Å²) in [7, 11) is 0. The van der Waals surface area contributed by atoms with Crippen molar-refractivity contribution in [3.8, 4) is 11.5 Å². The van der Waals surface area contributed by atoms with Gasteiger partial charge in [0.05, 0.1) is 18.0 Å². The summed E-state index contributed by atoms with van der Waals surface area (Å²) in [6.07, 6.45) is 2.00. The van der Waals surface area contributed by atoms with Crippen molar-refractivity contribution in [2.75, 3.05) is 13.2 Å². The fourth-order valence-electron chi connectivity index (χ4n) is 2.27. The molecule has 1 aliphatic rings. The SMILES string of the molecule is CCc1ccc(C(Br)c2cc3c(cc2Br)OCCCO3)s1. The fraction of sp³-hybridized carbons (Fsp3) is 0.375. The van der Waals surface area contributed by atoms with E-state index in [4.69, 9.17) is 9.47 Å². The van der Waals surface area contributed by atoms with Crippen LogP contribution in [0.3, 0.4) is 0 Å². The molecule has 0 fully saturated rings. The Morgan fingerprint density at radius 3 is 2.57 bits per heavy atom. The zero-order valence-corrected chi connectivity index (χ0v) is 15.7. The average molecular weight is 432 g/mol. The second-order valence-electron chi connectivity index (χ2n) is 4.89. The van der Waals surface area contributed by atoms with Crippen LogP contribution in [-0.4, -0.2) is 13.2 Å². The molecule has 1 aliphatic heterocycles. The molecule has 0 saturated carbocycles. The summed E-state index contributed by atoms with van der Waals surface area (Å²) in [4.78, 5) is 2.87. The highest BCUT2D eigenvalue weighted by Crippen LogP contribution is 2.43. The van der Waals surface area contributed by atoms with E-state index in [1.54, 1.807) is 0 Å². The number of hydrogen-bond acceptors (Lipinski definition) is 3. The standard InChI is InChI=1S/C16H16Br2O2S/c1-2-10-4-5-15(21-10)16(18)11-8-13-14(9-12(11)17)20-7-3-6-19-13/h4-5,8-9,16H,2-3,6-7H2,1H3. The molecular formula is C16H16Br2O2S. The summed E-state index contributed by atoms with van der Waals surface area (Å²) in [5, 5.41) is 0. The molecule has 1 aromatic carbocycles. The van der Waals surface area contributed by atoms with E-state index < -0.39 is 0 Å². The highest BCUT2D eigenvalue weighted by molar-refractivity contribution is 9.11. The highest BCUT2D eigenvalue weighted by atomic mass is 79.9. The molecule has 2 nitrogen and oxygen atoms in total. The van der Waals surface area contributed by atoms with Crippen LogP contribution in [0.15, 0.2) is 28.7 Å². The van der Waals surface area contributed by atoms with E-state index in [0.717, 1.165) is 28.8 Å². The van der Waals surface area contributed by atoms with Crippen molar-refractivity contribution in [2.24, 2.45) is 0 Å². The van der Waals surface area contributed by atoms with Crippen LogP contribution in [0.25, 0.3) is 0 Å². The van der Waals surface area contributed by atoms with E-state index in [0.29, 0.717) is 13.2 Å². The van der Waals surface area contributed by atoms with Crippen molar-refractivity contribution in [3.05, 3.63) is 44.1 Å². The Balaban J connectivity index is 1.95. The molecule has 3 rings (SSSR count). The maximum Gasteiger partial charge on any atom is 0.162 e. The highest BCUT2D eigenvalue weighted by Gasteiger charge is 2.20. The molecule has 0 aliphatic carbocycles. The maximum atomic E-state index is 5.79. The van der Waals surface area contributed by atoms with Crippen LogP contribution < -0.4 is 9.47 Å². The predicted octanol–water partition coefficient (Wildman–Crippen LogP) is 5.72. The van der Waals surface area contributed by atoms with Gasteiger partial charge >= 0.3 is 0 Å². The minimum absolute atomic E-state index is 0.161. The number of alkyl halides is 1. The van der Waals surface area contributed by atoms with Gasteiger partial charge in [-0.2, -0.15) is 0 Å². The van der Waals surface area contributed by atoms with Crippen LogP contribution in [0.1, 0.15) is 33.5 Å². The number of halogens is 2. The molecule has 1 unspecified atom stereocenters. The number of fused-ring (bicyclic) bond motifs is 1. The van der Waals surface area contributed by atoms with Crippen LogP contribution in [0, 0.1) is 0 Å². The number of rotatable bonds is 3. The second kappa shape index (κ2) is 6.71. The van der Waals surface area contributed by atoms with Crippen LogP contribution in [0.4, 0.5) is 0 Å². The maximum absolute atomic E-state index is 5.79. The largest absolute Gasteiger partial charge is 0.490 e. The lowest BCUT2D eigenvalue weighted by Crippen LogP contribution is -1.97. The number of ether oxygens (including phenoxy) is 2. The molecule has 1 atom stereocenters. The van der Waals surface area contributed by atoms with E-state index in [1.807, 2.05) is 17.4 Å². The van der Waals surface area contributed by atoms with Gasteiger partial charge in [-0.3, -0.25) is 0 Å². The van der Waals surface area contributed by atoms with Gasteiger partial charge in [0, 0.05) is 20.6 Å². The molecule has 2 aromatic rings. The Labute approximate surface area is 145 Å². The topological polar surface area (TPSA) is 18.5 Å². The fourth-order valence-corrected chi connectivity index (χ4v) is 4.89. The third-order valence-corrected chi connectivity index (χ3v) is 6.69. The second-order valence-corrected chi connectivity index (χ2v) is 7.86.